The Morgan fingerprint density at radius 1 is 1.18 bits per heavy atom. The van der Waals surface area contributed by atoms with E-state index in [0.717, 1.165) is 0 Å². The molecule has 7 nitrogen and oxygen atoms in total. The number of ether oxygens (including phenoxy) is 2. The van der Waals surface area contributed by atoms with Gasteiger partial charge in [-0.1, -0.05) is 11.6 Å². The van der Waals surface area contributed by atoms with Crippen LogP contribution in [0.1, 0.15) is 56.8 Å². The molecule has 3 aliphatic carbocycles. The van der Waals surface area contributed by atoms with E-state index in [2.05, 4.69) is 10.6 Å². The lowest BCUT2D eigenvalue weighted by Gasteiger charge is -2.70. The first kappa shape index (κ1) is 19.1. The van der Waals surface area contributed by atoms with Crippen LogP contribution in [0.2, 0.25) is 5.02 Å². The van der Waals surface area contributed by atoms with Crippen molar-refractivity contribution in [2.75, 3.05) is 0 Å². The van der Waals surface area contributed by atoms with Crippen molar-refractivity contribution in [3.8, 4) is 5.75 Å². The third-order valence-electron chi connectivity index (χ3n) is 5.36. The number of fused-ring (bicyclic) bond motifs is 1. The second kappa shape index (κ2) is 6.11. The lowest BCUT2D eigenvalue weighted by Crippen LogP contribution is -2.84. The minimum Gasteiger partial charge on any atom is -0.479 e. The number of Topliss-reactive ketones (excluding diaryl/α,β-unsaturated/α-hetero) is 1. The van der Waals surface area contributed by atoms with Crippen LogP contribution in [0.25, 0.3) is 0 Å². The number of alkyl carbamates (subject to hydrolysis) is 1. The van der Waals surface area contributed by atoms with E-state index in [-0.39, 0.29) is 29.2 Å². The van der Waals surface area contributed by atoms with Crippen molar-refractivity contribution < 1.29 is 23.9 Å². The van der Waals surface area contributed by atoms with Crippen LogP contribution in [0.5, 0.6) is 5.75 Å². The molecule has 4 aliphatic rings. The van der Waals surface area contributed by atoms with E-state index in [1.54, 1.807) is 18.2 Å². The number of amides is 2. The van der Waals surface area contributed by atoms with Gasteiger partial charge in [0.2, 0.25) is 0 Å². The molecule has 1 aromatic rings. The Morgan fingerprint density at radius 3 is 2.46 bits per heavy atom. The molecule has 0 radical (unpaired) electrons. The molecular weight excluding hydrogens is 384 g/mol. The van der Waals surface area contributed by atoms with Crippen LogP contribution in [0.3, 0.4) is 0 Å². The fraction of sp³-hybridized carbons (Fsp3) is 0.550. The van der Waals surface area contributed by atoms with Gasteiger partial charge in [-0.2, -0.15) is 0 Å². The highest BCUT2D eigenvalue weighted by molar-refractivity contribution is 6.31. The summed E-state index contributed by atoms with van der Waals surface area (Å²) in [6.07, 6.45) is 0.637. The Hall–Kier alpha value is -2.28. The largest absolute Gasteiger partial charge is 0.479 e. The van der Waals surface area contributed by atoms with Gasteiger partial charge in [-0.25, -0.2) is 4.79 Å². The summed E-state index contributed by atoms with van der Waals surface area (Å²) >= 11 is 5.92. The summed E-state index contributed by atoms with van der Waals surface area (Å²) in [4.78, 5) is 36.9. The van der Waals surface area contributed by atoms with Gasteiger partial charge in [-0.05, 0) is 58.2 Å². The van der Waals surface area contributed by atoms with Gasteiger partial charge in [0.25, 0.3) is 5.91 Å². The van der Waals surface area contributed by atoms with Crippen LogP contribution in [-0.4, -0.2) is 40.6 Å². The summed E-state index contributed by atoms with van der Waals surface area (Å²) in [5.41, 5.74) is -0.783. The zero-order valence-electron chi connectivity index (χ0n) is 16.1. The average Bonchev–Trinajstić information content (AvgIpc) is 2.50. The summed E-state index contributed by atoms with van der Waals surface area (Å²) in [6, 6.07) is 4.79. The minimum atomic E-state index is -0.857. The van der Waals surface area contributed by atoms with Crippen LogP contribution < -0.4 is 15.4 Å². The zero-order chi connectivity index (χ0) is 20.3. The van der Waals surface area contributed by atoms with Crippen molar-refractivity contribution in [1.82, 2.24) is 10.6 Å². The van der Waals surface area contributed by atoms with Gasteiger partial charge >= 0.3 is 6.09 Å². The summed E-state index contributed by atoms with van der Waals surface area (Å²) in [6.45, 7) is 5.44. The molecule has 1 aliphatic heterocycles. The SMILES string of the molecule is CC(C)(C)OC(=O)NC12CC(NC(=O)[C@H]3CC(=O)c4cc(Cl)ccc4O3)(C1)C2. The summed E-state index contributed by atoms with van der Waals surface area (Å²) in [7, 11) is 0. The zero-order valence-corrected chi connectivity index (χ0v) is 16.8. The molecule has 0 saturated heterocycles. The predicted molar refractivity (Wildman–Crippen MR) is 102 cm³/mol. The van der Waals surface area contributed by atoms with Crippen LogP contribution in [0.15, 0.2) is 18.2 Å². The number of benzene rings is 1. The van der Waals surface area contributed by atoms with Gasteiger partial charge < -0.3 is 20.1 Å². The van der Waals surface area contributed by atoms with Gasteiger partial charge in [0.1, 0.15) is 11.4 Å². The fourth-order valence-corrected chi connectivity index (χ4v) is 4.53. The van der Waals surface area contributed by atoms with Crippen LogP contribution in [0.4, 0.5) is 4.79 Å². The number of rotatable bonds is 3. The van der Waals surface area contributed by atoms with Crippen molar-refractivity contribution in [3.63, 3.8) is 0 Å². The number of ketones is 1. The third kappa shape index (κ3) is 3.43. The topological polar surface area (TPSA) is 93.7 Å². The Kier molecular flexibility index (Phi) is 4.16. The molecule has 3 fully saturated rings. The van der Waals surface area contributed by atoms with E-state index in [0.29, 0.717) is 35.6 Å². The second-order valence-electron chi connectivity index (χ2n) is 9.08. The van der Waals surface area contributed by atoms with E-state index < -0.39 is 17.8 Å². The van der Waals surface area contributed by atoms with Crippen molar-refractivity contribution in [1.29, 1.82) is 0 Å². The van der Waals surface area contributed by atoms with Crippen LogP contribution >= 0.6 is 11.6 Å². The molecule has 1 atom stereocenters. The van der Waals surface area contributed by atoms with E-state index in [1.807, 2.05) is 20.8 Å². The van der Waals surface area contributed by atoms with Gasteiger partial charge in [0, 0.05) is 10.6 Å². The first-order chi connectivity index (χ1) is 13.0. The lowest BCUT2D eigenvalue weighted by molar-refractivity contribution is -0.146. The molecule has 5 rings (SSSR count). The summed E-state index contributed by atoms with van der Waals surface area (Å²) in [5, 5.41) is 6.36. The molecule has 28 heavy (non-hydrogen) atoms. The molecule has 0 unspecified atom stereocenters. The highest BCUT2D eigenvalue weighted by Gasteiger charge is 2.69. The molecule has 1 aromatic carbocycles. The smallest absolute Gasteiger partial charge is 0.408 e. The number of carbonyl (C=O) groups excluding carboxylic acids is 3. The first-order valence-corrected chi connectivity index (χ1v) is 9.69. The second-order valence-corrected chi connectivity index (χ2v) is 9.52. The minimum absolute atomic E-state index is 0.0173. The van der Waals surface area contributed by atoms with Crippen molar-refractivity contribution in [2.24, 2.45) is 0 Å². The molecule has 1 heterocycles. The summed E-state index contributed by atoms with van der Waals surface area (Å²) in [5.74, 6) is -0.0921. The van der Waals surface area contributed by atoms with Gasteiger partial charge in [0.05, 0.1) is 17.5 Å². The van der Waals surface area contributed by atoms with E-state index in [4.69, 9.17) is 21.1 Å². The lowest BCUT2D eigenvalue weighted by atomic mass is 9.44. The standard InChI is InChI=1S/C20H23ClN2O5/c1-18(2,3)28-17(26)23-20-8-19(9-20,10-20)22-16(25)15-7-13(24)12-6-11(21)4-5-14(12)27-15/h4-6,15H,7-10H2,1-3H3,(H,22,25)(H,23,26)/t15-,19?,20?/m1/s1. The number of hydrogen-bond acceptors (Lipinski definition) is 5. The molecular formula is C20H23ClN2O5. The van der Waals surface area contributed by atoms with Crippen molar-refractivity contribution >= 4 is 29.4 Å². The number of nitrogens with one attached hydrogen (secondary N) is 2. The van der Waals surface area contributed by atoms with E-state index in [1.165, 1.54) is 0 Å². The Labute approximate surface area is 168 Å². The molecule has 2 N–H and O–H groups in total. The normalized spacial score (nSPS) is 30.1. The number of carbonyl (C=O) groups is 3. The average molecular weight is 407 g/mol. The van der Waals surface area contributed by atoms with Crippen LogP contribution in [-0.2, 0) is 9.53 Å². The molecule has 8 heteroatoms. The highest BCUT2D eigenvalue weighted by atomic mass is 35.5. The van der Waals surface area contributed by atoms with Crippen molar-refractivity contribution in [3.05, 3.63) is 28.8 Å². The Bertz CT molecular complexity index is 856. The quantitative estimate of drug-likeness (QED) is 0.804. The number of halogens is 1. The molecule has 150 valence electrons. The van der Waals surface area contributed by atoms with Crippen molar-refractivity contribution in [2.45, 2.75) is 69.2 Å². The molecule has 0 aromatic heterocycles. The molecule has 2 amide bonds. The van der Waals surface area contributed by atoms with Gasteiger partial charge in [-0.15, -0.1) is 0 Å². The Balaban J connectivity index is 1.32. The predicted octanol–water partition coefficient (Wildman–Crippen LogP) is 2.99. The number of hydrogen-bond donors (Lipinski definition) is 2. The van der Waals surface area contributed by atoms with Crippen LogP contribution in [0, 0.1) is 0 Å². The maximum absolute atomic E-state index is 12.6. The summed E-state index contributed by atoms with van der Waals surface area (Å²) < 4.78 is 11.0. The maximum atomic E-state index is 12.6. The molecule has 3 saturated carbocycles. The fourth-order valence-electron chi connectivity index (χ4n) is 4.36. The highest BCUT2D eigenvalue weighted by Crippen LogP contribution is 2.60. The van der Waals surface area contributed by atoms with Gasteiger partial charge in [-0.3, -0.25) is 9.59 Å². The third-order valence-corrected chi connectivity index (χ3v) is 5.59. The Morgan fingerprint density at radius 2 is 1.82 bits per heavy atom. The molecule has 0 spiro atoms. The van der Waals surface area contributed by atoms with E-state index in [9.17, 15) is 14.4 Å². The maximum Gasteiger partial charge on any atom is 0.408 e. The monoisotopic (exact) mass is 406 g/mol. The first-order valence-electron chi connectivity index (χ1n) is 9.31. The molecule has 2 bridgehead atoms. The van der Waals surface area contributed by atoms with Gasteiger partial charge in [0.15, 0.2) is 11.9 Å². The van der Waals surface area contributed by atoms with E-state index >= 15 is 0 Å².